The van der Waals surface area contributed by atoms with E-state index < -0.39 is 5.60 Å². The van der Waals surface area contributed by atoms with Crippen LogP contribution < -0.4 is 15.5 Å². The number of hydrogen-bond donors (Lipinski definition) is 3. The number of rotatable bonds is 6. The first kappa shape index (κ1) is 21.7. The molecule has 2 aromatic rings. The maximum absolute atomic E-state index is 12.3. The van der Waals surface area contributed by atoms with Gasteiger partial charge in [0.1, 0.15) is 0 Å². The van der Waals surface area contributed by atoms with Gasteiger partial charge in [0.05, 0.1) is 11.5 Å². The van der Waals surface area contributed by atoms with Crippen LogP contribution in [0.1, 0.15) is 31.7 Å². The van der Waals surface area contributed by atoms with Crippen LogP contribution >= 0.6 is 0 Å². The molecular formula is C25H34N4O2. The zero-order valence-electron chi connectivity index (χ0n) is 18.6. The third-order valence-electron chi connectivity index (χ3n) is 6.54. The highest BCUT2D eigenvalue weighted by atomic mass is 16.3. The van der Waals surface area contributed by atoms with Crippen LogP contribution in [0.25, 0.3) is 0 Å². The van der Waals surface area contributed by atoms with Crippen molar-refractivity contribution in [3.05, 3.63) is 54.1 Å². The van der Waals surface area contributed by atoms with Crippen molar-refractivity contribution in [1.29, 1.82) is 0 Å². The lowest BCUT2D eigenvalue weighted by atomic mass is 9.93. The molecule has 2 fully saturated rings. The third-order valence-corrected chi connectivity index (χ3v) is 6.54. The molecule has 0 aliphatic carbocycles. The second-order valence-electron chi connectivity index (χ2n) is 9.32. The van der Waals surface area contributed by atoms with Gasteiger partial charge in [-0.2, -0.15) is 0 Å². The normalized spacial score (nSPS) is 21.1. The summed E-state index contributed by atoms with van der Waals surface area (Å²) in [5, 5.41) is 16.6. The summed E-state index contributed by atoms with van der Waals surface area (Å²) in [6.45, 7) is 6.11. The molecule has 31 heavy (non-hydrogen) atoms. The van der Waals surface area contributed by atoms with Crippen molar-refractivity contribution in [2.24, 2.45) is 5.92 Å². The van der Waals surface area contributed by atoms with Crippen molar-refractivity contribution in [3.63, 3.8) is 0 Å². The number of piperidine rings is 1. The van der Waals surface area contributed by atoms with Gasteiger partial charge < -0.3 is 25.5 Å². The van der Waals surface area contributed by atoms with E-state index in [-0.39, 0.29) is 11.8 Å². The summed E-state index contributed by atoms with van der Waals surface area (Å²) in [6, 6.07) is 16.6. The third kappa shape index (κ3) is 5.77. The Morgan fingerprint density at radius 2 is 1.65 bits per heavy atom. The van der Waals surface area contributed by atoms with Crippen LogP contribution in [0.2, 0.25) is 0 Å². The van der Waals surface area contributed by atoms with Crippen molar-refractivity contribution in [2.45, 2.75) is 38.3 Å². The molecular weight excluding hydrogens is 388 g/mol. The number of carbonyl (C=O) groups is 1. The molecule has 1 amide bonds. The summed E-state index contributed by atoms with van der Waals surface area (Å²) in [7, 11) is 2.06. The zero-order valence-corrected chi connectivity index (χ0v) is 18.6. The Hall–Kier alpha value is -2.57. The van der Waals surface area contributed by atoms with Crippen LogP contribution in [0, 0.1) is 5.92 Å². The molecule has 6 heteroatoms. The standard InChI is InChI=1S/C25H34N4O2/c1-25(31)12-15-29(16-13-25)23-9-7-22(8-10-23)27-21-5-3-19(4-6-21)17-26-24(30)20-11-14-28(2)18-20/h3-10,20,27,31H,11-18H2,1-2H3,(H,26,30). The van der Waals surface area contributed by atoms with E-state index in [0.717, 1.165) is 62.4 Å². The number of carbonyl (C=O) groups excluding carboxylic acids is 1. The minimum absolute atomic E-state index is 0.118. The molecule has 0 spiro atoms. The molecule has 0 saturated carbocycles. The maximum Gasteiger partial charge on any atom is 0.224 e. The monoisotopic (exact) mass is 422 g/mol. The van der Waals surface area contributed by atoms with Crippen LogP contribution in [0.4, 0.5) is 17.1 Å². The first-order valence-electron chi connectivity index (χ1n) is 11.3. The number of likely N-dealkylation sites (tertiary alicyclic amines) is 1. The summed E-state index contributed by atoms with van der Waals surface area (Å²) in [5.74, 6) is 0.274. The zero-order chi connectivity index (χ0) is 21.8. The molecule has 2 aromatic carbocycles. The summed E-state index contributed by atoms with van der Waals surface area (Å²) < 4.78 is 0. The van der Waals surface area contributed by atoms with Gasteiger partial charge in [0.15, 0.2) is 0 Å². The second-order valence-corrected chi connectivity index (χ2v) is 9.32. The lowest BCUT2D eigenvalue weighted by Gasteiger charge is -2.37. The van der Waals surface area contributed by atoms with Gasteiger partial charge in [-0.15, -0.1) is 0 Å². The van der Waals surface area contributed by atoms with Gasteiger partial charge in [-0.05, 0) is 81.7 Å². The Labute approximate surface area is 185 Å². The minimum Gasteiger partial charge on any atom is -0.390 e. The first-order valence-corrected chi connectivity index (χ1v) is 11.3. The van der Waals surface area contributed by atoms with Gasteiger partial charge in [0.25, 0.3) is 0 Å². The molecule has 0 radical (unpaired) electrons. The maximum atomic E-state index is 12.3. The highest BCUT2D eigenvalue weighted by molar-refractivity contribution is 5.79. The van der Waals surface area contributed by atoms with Gasteiger partial charge in [0.2, 0.25) is 5.91 Å². The SMILES string of the molecule is CN1CCC(C(=O)NCc2ccc(Nc3ccc(N4CCC(C)(O)CC4)cc3)cc2)C1. The van der Waals surface area contributed by atoms with Gasteiger partial charge >= 0.3 is 0 Å². The van der Waals surface area contributed by atoms with Crippen molar-refractivity contribution >= 4 is 23.0 Å². The molecule has 1 unspecified atom stereocenters. The predicted octanol–water partition coefficient (Wildman–Crippen LogP) is 3.35. The Bertz CT molecular complexity index is 869. The molecule has 3 N–H and O–H groups in total. The van der Waals surface area contributed by atoms with Gasteiger partial charge in [-0.3, -0.25) is 4.79 Å². The molecule has 0 aromatic heterocycles. The lowest BCUT2D eigenvalue weighted by Crippen LogP contribution is -2.42. The smallest absolute Gasteiger partial charge is 0.224 e. The molecule has 4 rings (SSSR count). The highest BCUT2D eigenvalue weighted by Gasteiger charge is 2.27. The topological polar surface area (TPSA) is 67.8 Å². The van der Waals surface area contributed by atoms with Crippen LogP contribution in [0.15, 0.2) is 48.5 Å². The summed E-state index contributed by atoms with van der Waals surface area (Å²) in [5.41, 5.74) is 3.83. The minimum atomic E-state index is -0.528. The van der Waals surface area contributed by atoms with E-state index >= 15 is 0 Å². The summed E-state index contributed by atoms with van der Waals surface area (Å²) >= 11 is 0. The number of nitrogens with one attached hydrogen (secondary N) is 2. The molecule has 0 bridgehead atoms. The number of amides is 1. The van der Waals surface area contributed by atoms with E-state index in [9.17, 15) is 9.90 Å². The Balaban J connectivity index is 1.26. The molecule has 2 heterocycles. The largest absolute Gasteiger partial charge is 0.390 e. The van der Waals surface area contributed by atoms with E-state index in [1.807, 2.05) is 19.1 Å². The summed E-state index contributed by atoms with van der Waals surface area (Å²) in [6.07, 6.45) is 2.55. The lowest BCUT2D eigenvalue weighted by molar-refractivity contribution is -0.124. The van der Waals surface area contributed by atoms with E-state index in [2.05, 4.69) is 63.9 Å². The average Bonchev–Trinajstić information content (AvgIpc) is 3.20. The number of hydrogen-bond acceptors (Lipinski definition) is 5. The molecule has 2 saturated heterocycles. The van der Waals surface area contributed by atoms with Crippen molar-refractivity contribution in [1.82, 2.24) is 10.2 Å². The fourth-order valence-corrected chi connectivity index (χ4v) is 4.36. The first-order chi connectivity index (χ1) is 14.9. The van der Waals surface area contributed by atoms with E-state index in [0.29, 0.717) is 6.54 Å². The summed E-state index contributed by atoms with van der Waals surface area (Å²) in [4.78, 5) is 16.8. The van der Waals surface area contributed by atoms with E-state index in [4.69, 9.17) is 0 Å². The molecule has 2 aliphatic rings. The predicted molar refractivity (Wildman–Crippen MR) is 126 cm³/mol. The van der Waals surface area contributed by atoms with Crippen LogP contribution in [-0.2, 0) is 11.3 Å². The molecule has 166 valence electrons. The Morgan fingerprint density at radius 3 is 2.23 bits per heavy atom. The second kappa shape index (κ2) is 9.28. The fourth-order valence-electron chi connectivity index (χ4n) is 4.36. The van der Waals surface area contributed by atoms with E-state index in [1.54, 1.807) is 0 Å². The number of anilines is 3. The molecule has 2 aliphatic heterocycles. The van der Waals surface area contributed by atoms with Crippen LogP contribution in [0.3, 0.4) is 0 Å². The number of benzene rings is 2. The van der Waals surface area contributed by atoms with Crippen molar-refractivity contribution in [2.75, 3.05) is 43.4 Å². The molecule has 6 nitrogen and oxygen atoms in total. The highest BCUT2D eigenvalue weighted by Crippen LogP contribution is 2.27. The van der Waals surface area contributed by atoms with Crippen LogP contribution in [0.5, 0.6) is 0 Å². The Kier molecular flexibility index (Phi) is 6.49. The van der Waals surface area contributed by atoms with Crippen molar-refractivity contribution in [3.8, 4) is 0 Å². The van der Waals surface area contributed by atoms with Crippen LogP contribution in [-0.4, -0.2) is 54.7 Å². The van der Waals surface area contributed by atoms with Gasteiger partial charge in [-0.25, -0.2) is 0 Å². The molecule has 1 atom stereocenters. The number of aliphatic hydroxyl groups is 1. The quantitative estimate of drug-likeness (QED) is 0.666. The van der Waals surface area contributed by atoms with E-state index in [1.165, 1.54) is 5.69 Å². The average molecular weight is 423 g/mol. The Morgan fingerprint density at radius 1 is 1.03 bits per heavy atom. The van der Waals surface area contributed by atoms with Crippen molar-refractivity contribution < 1.29 is 9.90 Å². The number of nitrogens with zero attached hydrogens (tertiary/aromatic N) is 2. The fraction of sp³-hybridized carbons (Fsp3) is 0.480. The van der Waals surface area contributed by atoms with Gasteiger partial charge in [-0.1, -0.05) is 12.1 Å². The van der Waals surface area contributed by atoms with Gasteiger partial charge in [0, 0.05) is 43.2 Å².